The van der Waals surface area contributed by atoms with Crippen molar-refractivity contribution in [2.45, 2.75) is 31.8 Å². The van der Waals surface area contributed by atoms with Gasteiger partial charge in [-0.1, -0.05) is 12.1 Å². The second-order valence-electron chi connectivity index (χ2n) is 5.63. The topological polar surface area (TPSA) is 66.8 Å². The van der Waals surface area contributed by atoms with E-state index in [-0.39, 0.29) is 12.7 Å². The fraction of sp³-hybridized carbons (Fsp3) is 0.533. The minimum Gasteiger partial charge on any atom is -0.482 e. The second kappa shape index (κ2) is 4.85. The predicted molar refractivity (Wildman–Crippen MR) is 69.2 cm³/mol. The van der Waals surface area contributed by atoms with Gasteiger partial charge in [-0.3, -0.25) is 0 Å². The van der Waals surface area contributed by atoms with Crippen LogP contribution in [0, 0.1) is 11.8 Å². The summed E-state index contributed by atoms with van der Waals surface area (Å²) in [6.45, 7) is -0.298. The Kier molecular flexibility index (Phi) is 3.19. The maximum absolute atomic E-state index is 10.6. The van der Waals surface area contributed by atoms with Crippen LogP contribution in [0.25, 0.3) is 0 Å². The van der Waals surface area contributed by atoms with E-state index in [2.05, 4.69) is 6.07 Å². The number of rotatable bonds is 3. The van der Waals surface area contributed by atoms with Gasteiger partial charge in [-0.05, 0) is 54.7 Å². The van der Waals surface area contributed by atoms with Crippen molar-refractivity contribution in [1.29, 1.82) is 0 Å². The van der Waals surface area contributed by atoms with Gasteiger partial charge in [-0.25, -0.2) is 4.79 Å². The Morgan fingerprint density at radius 2 is 2.00 bits per heavy atom. The minimum atomic E-state index is -0.956. The van der Waals surface area contributed by atoms with Crippen molar-refractivity contribution >= 4 is 5.97 Å². The Labute approximate surface area is 112 Å². The molecule has 0 heterocycles. The average Bonchev–Trinajstić information content (AvgIpc) is 2.72. The Hall–Kier alpha value is -1.55. The SMILES string of the molecule is O=C(O)COc1cccc2c1C[C@H]1C[C@@H](O)C[C@H]1C2. The van der Waals surface area contributed by atoms with Crippen LogP contribution in [0.5, 0.6) is 5.75 Å². The van der Waals surface area contributed by atoms with Crippen LogP contribution in [-0.2, 0) is 17.6 Å². The summed E-state index contributed by atoms with van der Waals surface area (Å²) in [4.78, 5) is 10.6. The number of hydrogen-bond acceptors (Lipinski definition) is 3. The van der Waals surface area contributed by atoms with E-state index in [1.54, 1.807) is 0 Å². The van der Waals surface area contributed by atoms with Crippen molar-refractivity contribution in [1.82, 2.24) is 0 Å². The standard InChI is InChI=1S/C15H18O4/c16-12-5-10-4-9-2-1-3-14(19-8-15(17)18)13(9)7-11(10)6-12/h1-3,10-12,16H,4-8H2,(H,17,18)/t10-,11-,12+/m1/s1. The first-order valence-corrected chi connectivity index (χ1v) is 6.77. The van der Waals surface area contributed by atoms with Crippen LogP contribution in [0.3, 0.4) is 0 Å². The number of ether oxygens (including phenoxy) is 1. The molecule has 0 spiro atoms. The second-order valence-corrected chi connectivity index (χ2v) is 5.63. The van der Waals surface area contributed by atoms with Crippen LogP contribution in [-0.4, -0.2) is 28.9 Å². The molecule has 102 valence electrons. The summed E-state index contributed by atoms with van der Waals surface area (Å²) in [5.74, 6) is 0.816. The fourth-order valence-corrected chi connectivity index (χ4v) is 3.53. The van der Waals surface area contributed by atoms with Gasteiger partial charge in [0, 0.05) is 0 Å². The van der Waals surface area contributed by atoms with Crippen molar-refractivity contribution in [3.63, 3.8) is 0 Å². The van der Waals surface area contributed by atoms with Crippen LogP contribution in [0.2, 0.25) is 0 Å². The first kappa shape index (κ1) is 12.5. The molecule has 4 heteroatoms. The summed E-state index contributed by atoms with van der Waals surface area (Å²) in [7, 11) is 0. The minimum absolute atomic E-state index is 0.173. The molecule has 0 bridgehead atoms. The largest absolute Gasteiger partial charge is 0.482 e. The number of aliphatic hydroxyl groups excluding tert-OH is 1. The molecule has 4 nitrogen and oxygen atoms in total. The highest BCUT2D eigenvalue weighted by Crippen LogP contribution is 2.43. The smallest absolute Gasteiger partial charge is 0.341 e. The number of fused-ring (bicyclic) bond motifs is 2. The third-order valence-corrected chi connectivity index (χ3v) is 4.35. The number of aliphatic hydroxyl groups is 1. The quantitative estimate of drug-likeness (QED) is 0.869. The van der Waals surface area contributed by atoms with Crippen molar-refractivity contribution in [2.24, 2.45) is 11.8 Å². The van der Waals surface area contributed by atoms with Crippen molar-refractivity contribution in [3.8, 4) is 5.75 Å². The molecule has 1 saturated carbocycles. The lowest BCUT2D eigenvalue weighted by atomic mass is 9.77. The van der Waals surface area contributed by atoms with Crippen molar-refractivity contribution in [2.75, 3.05) is 6.61 Å². The number of benzene rings is 1. The molecule has 1 aromatic rings. The van der Waals surface area contributed by atoms with Gasteiger partial charge in [-0.2, -0.15) is 0 Å². The summed E-state index contributed by atoms with van der Waals surface area (Å²) in [5.41, 5.74) is 2.39. The zero-order chi connectivity index (χ0) is 13.4. The molecular weight excluding hydrogens is 244 g/mol. The molecule has 2 aliphatic carbocycles. The highest BCUT2D eigenvalue weighted by atomic mass is 16.5. The Morgan fingerprint density at radius 3 is 2.74 bits per heavy atom. The maximum Gasteiger partial charge on any atom is 0.341 e. The fourth-order valence-electron chi connectivity index (χ4n) is 3.53. The van der Waals surface area contributed by atoms with Gasteiger partial charge >= 0.3 is 5.97 Å². The summed E-state index contributed by atoms with van der Waals surface area (Å²) in [6.07, 6.45) is 3.45. The highest BCUT2D eigenvalue weighted by Gasteiger charge is 2.37. The number of aliphatic carboxylic acids is 1. The van der Waals surface area contributed by atoms with E-state index in [1.165, 1.54) is 5.56 Å². The van der Waals surface area contributed by atoms with Gasteiger partial charge in [0.25, 0.3) is 0 Å². The third kappa shape index (κ3) is 2.45. The molecule has 0 aromatic heterocycles. The molecule has 0 unspecified atom stereocenters. The van der Waals surface area contributed by atoms with Gasteiger partial charge in [-0.15, -0.1) is 0 Å². The molecule has 19 heavy (non-hydrogen) atoms. The highest BCUT2D eigenvalue weighted by molar-refractivity contribution is 5.68. The van der Waals surface area contributed by atoms with Crippen molar-refractivity contribution < 1.29 is 19.7 Å². The van der Waals surface area contributed by atoms with Gasteiger partial charge in [0.05, 0.1) is 6.10 Å². The first-order valence-electron chi connectivity index (χ1n) is 6.77. The monoisotopic (exact) mass is 262 g/mol. The lowest BCUT2D eigenvalue weighted by Crippen LogP contribution is -2.22. The first-order chi connectivity index (χ1) is 9.13. The molecule has 1 fully saturated rings. The molecule has 3 rings (SSSR count). The van der Waals surface area contributed by atoms with Gasteiger partial charge < -0.3 is 14.9 Å². The molecule has 0 saturated heterocycles. The van der Waals surface area contributed by atoms with Crippen molar-refractivity contribution in [3.05, 3.63) is 29.3 Å². The molecule has 0 radical (unpaired) electrons. The van der Waals surface area contributed by atoms with Gasteiger partial charge in [0.2, 0.25) is 0 Å². The zero-order valence-electron chi connectivity index (χ0n) is 10.7. The number of carbonyl (C=O) groups is 1. The van der Waals surface area contributed by atoms with Crippen LogP contribution in [0.15, 0.2) is 18.2 Å². The zero-order valence-corrected chi connectivity index (χ0v) is 10.7. The molecule has 1 aromatic carbocycles. The van der Waals surface area contributed by atoms with Gasteiger partial charge in [0.15, 0.2) is 6.61 Å². The Bertz CT molecular complexity index is 497. The van der Waals surface area contributed by atoms with Crippen LogP contribution < -0.4 is 4.74 Å². The van der Waals surface area contributed by atoms with Crippen LogP contribution >= 0.6 is 0 Å². The molecule has 2 N–H and O–H groups in total. The van der Waals surface area contributed by atoms with E-state index in [4.69, 9.17) is 9.84 Å². The average molecular weight is 262 g/mol. The van der Waals surface area contributed by atoms with E-state index < -0.39 is 5.97 Å². The maximum atomic E-state index is 10.6. The number of carboxylic acid groups (broad SMARTS) is 1. The van der Waals surface area contributed by atoms with Crippen LogP contribution in [0.4, 0.5) is 0 Å². The van der Waals surface area contributed by atoms with E-state index >= 15 is 0 Å². The molecular formula is C15H18O4. The number of hydrogen-bond donors (Lipinski definition) is 2. The Balaban J connectivity index is 1.83. The van der Waals surface area contributed by atoms with E-state index in [1.807, 2.05) is 12.1 Å². The normalized spacial score (nSPS) is 28.6. The molecule has 2 aliphatic rings. The summed E-state index contributed by atoms with van der Waals surface area (Å²) in [5, 5.41) is 18.5. The summed E-state index contributed by atoms with van der Waals surface area (Å²) in [6, 6.07) is 5.85. The Morgan fingerprint density at radius 1 is 1.26 bits per heavy atom. The van der Waals surface area contributed by atoms with E-state index in [0.717, 1.165) is 31.2 Å². The third-order valence-electron chi connectivity index (χ3n) is 4.35. The molecule has 0 amide bonds. The van der Waals surface area contributed by atoms with Gasteiger partial charge in [0.1, 0.15) is 5.75 Å². The van der Waals surface area contributed by atoms with Crippen LogP contribution in [0.1, 0.15) is 24.0 Å². The molecule has 0 aliphatic heterocycles. The summed E-state index contributed by atoms with van der Waals surface area (Å²) < 4.78 is 5.38. The van der Waals surface area contributed by atoms with E-state index in [9.17, 15) is 9.90 Å². The van der Waals surface area contributed by atoms with E-state index in [0.29, 0.717) is 17.6 Å². The summed E-state index contributed by atoms with van der Waals surface area (Å²) >= 11 is 0. The lowest BCUT2D eigenvalue weighted by Gasteiger charge is -2.28. The molecule has 3 atom stereocenters. The lowest BCUT2D eigenvalue weighted by molar-refractivity contribution is -0.139. The predicted octanol–water partition coefficient (Wildman–Crippen LogP) is 1.64. The number of carboxylic acids is 1.